The molecule has 0 atom stereocenters. The highest BCUT2D eigenvalue weighted by Crippen LogP contribution is 2.30. The number of aromatic hydroxyl groups is 1. The van der Waals surface area contributed by atoms with Crippen molar-refractivity contribution in [3.05, 3.63) is 54.6 Å². The molecule has 0 bridgehead atoms. The minimum Gasteiger partial charge on any atom is -0.507 e. The van der Waals surface area contributed by atoms with Crippen LogP contribution in [0.2, 0.25) is 0 Å². The zero-order chi connectivity index (χ0) is 14.8. The first-order valence-corrected chi connectivity index (χ1v) is 6.76. The number of anilines is 1. The molecule has 106 valence electrons. The van der Waals surface area contributed by atoms with Gasteiger partial charge in [-0.1, -0.05) is 24.3 Å². The van der Waals surface area contributed by atoms with E-state index >= 15 is 0 Å². The Hall–Kier alpha value is -2.75. The van der Waals surface area contributed by atoms with E-state index in [1.165, 1.54) is 0 Å². The largest absolute Gasteiger partial charge is 0.507 e. The van der Waals surface area contributed by atoms with Crippen molar-refractivity contribution in [1.82, 2.24) is 10.2 Å². The first-order valence-electron chi connectivity index (χ1n) is 6.76. The molecule has 0 aliphatic heterocycles. The van der Waals surface area contributed by atoms with Crippen LogP contribution in [-0.4, -0.2) is 29.4 Å². The van der Waals surface area contributed by atoms with Crippen molar-refractivity contribution < 1.29 is 5.11 Å². The molecule has 2 aromatic carbocycles. The lowest BCUT2D eigenvalue weighted by Gasteiger charge is -2.12. The molecule has 1 aromatic heterocycles. The number of H-pyrrole nitrogens is 1. The molecule has 0 aliphatic carbocycles. The lowest BCUT2D eigenvalue weighted by atomic mass is 10.1. The summed E-state index contributed by atoms with van der Waals surface area (Å²) in [5, 5.41) is 17.2. The molecule has 4 nitrogen and oxygen atoms in total. The fourth-order valence-corrected chi connectivity index (χ4v) is 2.24. The van der Waals surface area contributed by atoms with Gasteiger partial charge in [-0.25, -0.2) is 0 Å². The second-order valence-corrected chi connectivity index (χ2v) is 5.13. The number of phenols is 1. The molecule has 0 amide bonds. The number of phenolic OH excluding ortho intramolecular Hbond substituents is 1. The summed E-state index contributed by atoms with van der Waals surface area (Å²) in [4.78, 5) is 2.06. The van der Waals surface area contributed by atoms with Crippen LogP contribution in [0.5, 0.6) is 5.75 Å². The third-order valence-corrected chi connectivity index (χ3v) is 3.45. The fraction of sp³-hybridized carbons (Fsp3) is 0.118. The van der Waals surface area contributed by atoms with Gasteiger partial charge in [0, 0.05) is 30.9 Å². The Kier molecular flexibility index (Phi) is 3.36. The Balaban J connectivity index is 1.93. The van der Waals surface area contributed by atoms with Crippen LogP contribution >= 0.6 is 0 Å². The van der Waals surface area contributed by atoms with Crippen LogP contribution in [-0.2, 0) is 0 Å². The smallest absolute Gasteiger partial charge is 0.124 e. The third-order valence-electron chi connectivity index (χ3n) is 3.45. The van der Waals surface area contributed by atoms with Gasteiger partial charge in [0.25, 0.3) is 0 Å². The maximum atomic E-state index is 9.89. The van der Waals surface area contributed by atoms with Gasteiger partial charge in [0.2, 0.25) is 0 Å². The van der Waals surface area contributed by atoms with E-state index in [2.05, 4.69) is 27.2 Å². The highest BCUT2D eigenvalue weighted by atomic mass is 16.3. The zero-order valence-electron chi connectivity index (χ0n) is 12.0. The van der Waals surface area contributed by atoms with E-state index in [4.69, 9.17) is 0 Å². The molecule has 0 unspecified atom stereocenters. The summed E-state index contributed by atoms with van der Waals surface area (Å²) in [5.74, 6) is 0.246. The molecular weight excluding hydrogens is 262 g/mol. The average Bonchev–Trinajstić information content (AvgIpc) is 2.97. The number of aromatic nitrogens is 2. The minimum absolute atomic E-state index is 0.246. The quantitative estimate of drug-likeness (QED) is 0.771. The van der Waals surface area contributed by atoms with Crippen molar-refractivity contribution in [2.45, 2.75) is 0 Å². The van der Waals surface area contributed by atoms with Gasteiger partial charge in [0.15, 0.2) is 0 Å². The standard InChI is InChI=1S/C17H17N3O/c1-20(2)13-9-7-12(8-10-13)15-11-16(19-18-15)14-5-3-4-6-17(14)21/h3-11,21H,1-2H3,(H,18,19). The van der Waals surface area contributed by atoms with Crippen molar-refractivity contribution in [1.29, 1.82) is 0 Å². The van der Waals surface area contributed by atoms with Crippen LogP contribution in [0.1, 0.15) is 0 Å². The predicted octanol–water partition coefficient (Wildman–Crippen LogP) is 3.52. The maximum absolute atomic E-state index is 9.89. The Morgan fingerprint density at radius 2 is 1.71 bits per heavy atom. The maximum Gasteiger partial charge on any atom is 0.124 e. The van der Waals surface area contributed by atoms with E-state index < -0.39 is 0 Å². The van der Waals surface area contributed by atoms with E-state index in [1.54, 1.807) is 12.1 Å². The Bertz CT molecular complexity index is 745. The molecule has 0 aliphatic rings. The normalized spacial score (nSPS) is 10.6. The number of aromatic amines is 1. The molecule has 0 saturated carbocycles. The first-order chi connectivity index (χ1) is 10.1. The fourth-order valence-electron chi connectivity index (χ4n) is 2.24. The van der Waals surface area contributed by atoms with E-state index in [9.17, 15) is 5.11 Å². The molecular formula is C17H17N3O. The van der Waals surface area contributed by atoms with Gasteiger partial charge in [-0.05, 0) is 30.3 Å². The summed E-state index contributed by atoms with van der Waals surface area (Å²) in [6.45, 7) is 0. The molecule has 3 rings (SSSR count). The van der Waals surface area contributed by atoms with Crippen LogP contribution in [0, 0.1) is 0 Å². The van der Waals surface area contributed by atoms with Gasteiger partial charge in [0.05, 0.1) is 11.4 Å². The Morgan fingerprint density at radius 3 is 2.38 bits per heavy atom. The summed E-state index contributed by atoms with van der Waals surface area (Å²) in [6.07, 6.45) is 0. The number of para-hydroxylation sites is 1. The van der Waals surface area contributed by atoms with Crippen molar-refractivity contribution in [2.24, 2.45) is 0 Å². The zero-order valence-corrected chi connectivity index (χ0v) is 12.0. The summed E-state index contributed by atoms with van der Waals surface area (Å²) >= 11 is 0. The Morgan fingerprint density at radius 1 is 1.00 bits per heavy atom. The van der Waals surface area contributed by atoms with Crippen LogP contribution in [0.25, 0.3) is 22.5 Å². The summed E-state index contributed by atoms with van der Waals surface area (Å²) in [7, 11) is 4.03. The molecule has 0 spiro atoms. The Labute approximate surface area is 123 Å². The van der Waals surface area contributed by atoms with E-state index in [1.807, 2.05) is 44.4 Å². The molecule has 3 aromatic rings. The lowest BCUT2D eigenvalue weighted by Crippen LogP contribution is -2.07. The monoisotopic (exact) mass is 279 g/mol. The first kappa shape index (κ1) is 13.2. The van der Waals surface area contributed by atoms with Crippen LogP contribution in [0.15, 0.2) is 54.6 Å². The van der Waals surface area contributed by atoms with Crippen molar-refractivity contribution in [3.63, 3.8) is 0 Å². The lowest BCUT2D eigenvalue weighted by molar-refractivity contribution is 0.477. The van der Waals surface area contributed by atoms with Crippen LogP contribution in [0.4, 0.5) is 5.69 Å². The predicted molar refractivity (Wildman–Crippen MR) is 85.5 cm³/mol. The molecule has 0 saturated heterocycles. The molecule has 4 heteroatoms. The number of nitrogens with one attached hydrogen (secondary N) is 1. The number of hydrogen-bond donors (Lipinski definition) is 2. The molecule has 0 fully saturated rings. The number of rotatable bonds is 3. The van der Waals surface area contributed by atoms with E-state index in [0.717, 1.165) is 28.2 Å². The summed E-state index contributed by atoms with van der Waals surface area (Å²) < 4.78 is 0. The average molecular weight is 279 g/mol. The van der Waals surface area contributed by atoms with Gasteiger partial charge in [-0.15, -0.1) is 0 Å². The van der Waals surface area contributed by atoms with Crippen LogP contribution < -0.4 is 4.90 Å². The van der Waals surface area contributed by atoms with Gasteiger partial charge >= 0.3 is 0 Å². The molecule has 21 heavy (non-hydrogen) atoms. The summed E-state index contributed by atoms with van der Waals surface area (Å²) in [6, 6.07) is 17.4. The van der Waals surface area contributed by atoms with Gasteiger partial charge in [0.1, 0.15) is 5.75 Å². The topological polar surface area (TPSA) is 52.1 Å². The SMILES string of the molecule is CN(C)c1ccc(-c2cc(-c3ccccc3O)[nH]n2)cc1. The third kappa shape index (κ3) is 2.60. The summed E-state index contributed by atoms with van der Waals surface area (Å²) in [5.41, 5.74) is 4.60. The second kappa shape index (κ2) is 5.32. The second-order valence-electron chi connectivity index (χ2n) is 5.13. The number of benzene rings is 2. The van der Waals surface area contributed by atoms with Crippen molar-refractivity contribution in [2.75, 3.05) is 19.0 Å². The van der Waals surface area contributed by atoms with Gasteiger partial charge < -0.3 is 10.0 Å². The minimum atomic E-state index is 0.246. The van der Waals surface area contributed by atoms with Gasteiger partial charge in [-0.2, -0.15) is 5.10 Å². The van der Waals surface area contributed by atoms with Crippen molar-refractivity contribution in [3.8, 4) is 28.3 Å². The molecule has 2 N–H and O–H groups in total. The van der Waals surface area contributed by atoms with Crippen LogP contribution in [0.3, 0.4) is 0 Å². The highest BCUT2D eigenvalue weighted by molar-refractivity contribution is 5.72. The molecule has 1 heterocycles. The van der Waals surface area contributed by atoms with Crippen molar-refractivity contribution >= 4 is 5.69 Å². The van der Waals surface area contributed by atoms with Gasteiger partial charge in [-0.3, -0.25) is 5.10 Å². The highest BCUT2D eigenvalue weighted by Gasteiger charge is 2.09. The number of nitrogens with zero attached hydrogens (tertiary/aromatic N) is 2. The van der Waals surface area contributed by atoms with E-state index in [0.29, 0.717) is 0 Å². The van der Waals surface area contributed by atoms with E-state index in [-0.39, 0.29) is 5.75 Å². The number of hydrogen-bond acceptors (Lipinski definition) is 3. The molecule has 0 radical (unpaired) electrons.